The van der Waals surface area contributed by atoms with E-state index in [0.717, 1.165) is 18.4 Å². The first-order chi connectivity index (χ1) is 9.16. The molecule has 104 valence electrons. The van der Waals surface area contributed by atoms with Crippen molar-refractivity contribution in [2.45, 2.75) is 38.7 Å². The van der Waals surface area contributed by atoms with Gasteiger partial charge in [-0.1, -0.05) is 24.5 Å². The van der Waals surface area contributed by atoms with Crippen LogP contribution in [0.15, 0.2) is 18.2 Å². The van der Waals surface area contributed by atoms with Crippen molar-refractivity contribution in [3.8, 4) is 0 Å². The van der Waals surface area contributed by atoms with Crippen LogP contribution >= 0.6 is 0 Å². The van der Waals surface area contributed by atoms with Crippen LogP contribution in [-0.4, -0.2) is 25.2 Å². The molecule has 0 aliphatic heterocycles. The number of nitrogens with two attached hydrogens (primary N) is 1. The summed E-state index contributed by atoms with van der Waals surface area (Å²) < 4.78 is 5.70. The predicted molar refractivity (Wildman–Crippen MR) is 76.1 cm³/mol. The van der Waals surface area contributed by atoms with Crippen LogP contribution in [0.3, 0.4) is 0 Å². The molecule has 1 saturated carbocycles. The first-order valence-corrected chi connectivity index (χ1v) is 6.93. The molecular formula is C15H22N2O2. The number of amides is 1. The van der Waals surface area contributed by atoms with E-state index in [1.807, 2.05) is 19.1 Å². The summed E-state index contributed by atoms with van der Waals surface area (Å²) in [4.78, 5) is 12.0. The molecule has 3 N–H and O–H groups in total. The van der Waals surface area contributed by atoms with E-state index in [2.05, 4.69) is 5.32 Å². The molecule has 1 amide bonds. The average molecular weight is 262 g/mol. The second-order valence-corrected chi connectivity index (χ2v) is 5.12. The Bertz CT molecular complexity index is 440. The normalized spacial score (nSPS) is 15.6. The van der Waals surface area contributed by atoms with Gasteiger partial charge in [-0.3, -0.25) is 4.79 Å². The van der Waals surface area contributed by atoms with Crippen LogP contribution in [-0.2, 0) is 4.74 Å². The van der Waals surface area contributed by atoms with Crippen molar-refractivity contribution >= 4 is 11.6 Å². The molecule has 1 aliphatic rings. The lowest BCUT2D eigenvalue weighted by molar-refractivity contribution is 0.0582. The van der Waals surface area contributed by atoms with E-state index in [9.17, 15) is 4.79 Å². The van der Waals surface area contributed by atoms with Gasteiger partial charge in [-0.05, 0) is 31.9 Å². The zero-order chi connectivity index (χ0) is 13.7. The van der Waals surface area contributed by atoms with Gasteiger partial charge in [-0.2, -0.15) is 0 Å². The Kier molecular flexibility index (Phi) is 4.80. The minimum atomic E-state index is -0.128. The third-order valence-corrected chi connectivity index (χ3v) is 3.50. The minimum absolute atomic E-state index is 0.128. The second kappa shape index (κ2) is 6.57. The standard InChI is InChI=1S/C15H22N2O2/c1-11-6-7-14(16)13(10-11)15(18)17-8-9-19-12-4-2-3-5-12/h6-7,10,12H,2-5,8-9,16H2,1H3,(H,17,18). The van der Waals surface area contributed by atoms with Gasteiger partial charge >= 0.3 is 0 Å². The van der Waals surface area contributed by atoms with Crippen LogP contribution < -0.4 is 11.1 Å². The van der Waals surface area contributed by atoms with Crippen molar-refractivity contribution in [1.29, 1.82) is 0 Å². The number of hydrogen-bond donors (Lipinski definition) is 2. The lowest BCUT2D eigenvalue weighted by Crippen LogP contribution is -2.29. The maximum Gasteiger partial charge on any atom is 0.253 e. The summed E-state index contributed by atoms with van der Waals surface area (Å²) in [6, 6.07) is 5.47. The van der Waals surface area contributed by atoms with Crippen LogP contribution in [0.2, 0.25) is 0 Å². The highest BCUT2D eigenvalue weighted by molar-refractivity contribution is 5.99. The first-order valence-electron chi connectivity index (χ1n) is 6.93. The molecule has 1 fully saturated rings. The fourth-order valence-corrected chi connectivity index (χ4v) is 2.41. The van der Waals surface area contributed by atoms with Gasteiger partial charge < -0.3 is 15.8 Å². The molecule has 1 aromatic carbocycles. The lowest BCUT2D eigenvalue weighted by atomic mass is 10.1. The molecule has 0 bridgehead atoms. The van der Waals surface area contributed by atoms with E-state index < -0.39 is 0 Å². The highest BCUT2D eigenvalue weighted by Gasteiger charge is 2.15. The number of anilines is 1. The largest absolute Gasteiger partial charge is 0.398 e. The summed E-state index contributed by atoms with van der Waals surface area (Å²) >= 11 is 0. The van der Waals surface area contributed by atoms with Crippen LogP contribution in [0.25, 0.3) is 0 Å². The average Bonchev–Trinajstić information content (AvgIpc) is 2.90. The van der Waals surface area contributed by atoms with Gasteiger partial charge in [-0.25, -0.2) is 0 Å². The van der Waals surface area contributed by atoms with E-state index in [4.69, 9.17) is 10.5 Å². The molecule has 19 heavy (non-hydrogen) atoms. The highest BCUT2D eigenvalue weighted by atomic mass is 16.5. The van der Waals surface area contributed by atoms with Crippen molar-refractivity contribution in [2.24, 2.45) is 0 Å². The summed E-state index contributed by atoms with van der Waals surface area (Å²) in [5, 5.41) is 2.85. The van der Waals surface area contributed by atoms with Crippen LogP contribution in [0, 0.1) is 6.92 Å². The topological polar surface area (TPSA) is 64.4 Å². The third-order valence-electron chi connectivity index (χ3n) is 3.50. The summed E-state index contributed by atoms with van der Waals surface area (Å²) in [5.74, 6) is -0.128. The van der Waals surface area contributed by atoms with E-state index >= 15 is 0 Å². The van der Waals surface area contributed by atoms with Crippen molar-refractivity contribution in [2.75, 3.05) is 18.9 Å². The number of rotatable bonds is 5. The molecule has 0 heterocycles. The van der Waals surface area contributed by atoms with Gasteiger partial charge in [0.2, 0.25) is 0 Å². The summed E-state index contributed by atoms with van der Waals surface area (Å²) in [6.07, 6.45) is 5.21. The SMILES string of the molecule is Cc1ccc(N)c(C(=O)NCCOC2CCCC2)c1. The monoisotopic (exact) mass is 262 g/mol. The molecule has 1 aliphatic carbocycles. The number of carbonyl (C=O) groups excluding carboxylic acids is 1. The molecule has 1 aromatic rings. The maximum atomic E-state index is 12.0. The van der Waals surface area contributed by atoms with Crippen molar-refractivity contribution in [3.63, 3.8) is 0 Å². The second-order valence-electron chi connectivity index (χ2n) is 5.12. The summed E-state index contributed by atoms with van der Waals surface area (Å²) in [6.45, 7) is 3.05. The Morgan fingerprint density at radius 3 is 2.89 bits per heavy atom. The number of nitrogens with one attached hydrogen (secondary N) is 1. The number of benzene rings is 1. The van der Waals surface area contributed by atoms with Gasteiger partial charge in [0.1, 0.15) is 0 Å². The summed E-state index contributed by atoms with van der Waals surface area (Å²) in [7, 11) is 0. The third kappa shape index (κ3) is 3.96. The van der Waals surface area contributed by atoms with Crippen molar-refractivity contribution in [3.05, 3.63) is 29.3 Å². The van der Waals surface area contributed by atoms with Gasteiger partial charge in [0.05, 0.1) is 18.3 Å². The summed E-state index contributed by atoms with van der Waals surface area (Å²) in [5.41, 5.74) is 7.89. The van der Waals surface area contributed by atoms with Gasteiger partial charge in [0, 0.05) is 12.2 Å². The number of aryl methyl sites for hydroxylation is 1. The molecule has 0 aromatic heterocycles. The molecule has 0 atom stereocenters. The Balaban J connectivity index is 1.75. The van der Waals surface area contributed by atoms with E-state index in [1.54, 1.807) is 6.07 Å². The molecule has 4 nitrogen and oxygen atoms in total. The van der Waals surface area contributed by atoms with Gasteiger partial charge in [-0.15, -0.1) is 0 Å². The molecule has 4 heteroatoms. The zero-order valence-electron chi connectivity index (χ0n) is 11.4. The Morgan fingerprint density at radius 2 is 2.16 bits per heavy atom. The fourth-order valence-electron chi connectivity index (χ4n) is 2.41. The fraction of sp³-hybridized carbons (Fsp3) is 0.533. The smallest absolute Gasteiger partial charge is 0.253 e. The Hall–Kier alpha value is -1.55. The number of carbonyl (C=O) groups is 1. The molecular weight excluding hydrogens is 240 g/mol. The highest BCUT2D eigenvalue weighted by Crippen LogP contribution is 2.20. The van der Waals surface area contributed by atoms with Gasteiger partial charge in [0.25, 0.3) is 5.91 Å². The minimum Gasteiger partial charge on any atom is -0.398 e. The Morgan fingerprint density at radius 1 is 1.42 bits per heavy atom. The van der Waals surface area contributed by atoms with Crippen LogP contribution in [0.1, 0.15) is 41.6 Å². The first kappa shape index (κ1) is 13.9. The Labute approximate surface area is 114 Å². The number of nitrogen functional groups attached to an aromatic ring is 1. The molecule has 0 saturated heterocycles. The van der Waals surface area contributed by atoms with Crippen molar-refractivity contribution < 1.29 is 9.53 Å². The van der Waals surface area contributed by atoms with E-state index in [1.165, 1.54) is 12.8 Å². The lowest BCUT2D eigenvalue weighted by Gasteiger charge is -2.12. The maximum absolute atomic E-state index is 12.0. The van der Waals surface area contributed by atoms with Crippen LogP contribution in [0.4, 0.5) is 5.69 Å². The zero-order valence-corrected chi connectivity index (χ0v) is 11.4. The molecule has 0 unspecified atom stereocenters. The number of ether oxygens (including phenoxy) is 1. The van der Waals surface area contributed by atoms with Crippen molar-refractivity contribution in [1.82, 2.24) is 5.32 Å². The number of hydrogen-bond acceptors (Lipinski definition) is 3. The quantitative estimate of drug-likeness (QED) is 0.632. The van der Waals surface area contributed by atoms with E-state index in [0.29, 0.717) is 30.5 Å². The van der Waals surface area contributed by atoms with E-state index in [-0.39, 0.29) is 5.91 Å². The van der Waals surface area contributed by atoms with Crippen LogP contribution in [0.5, 0.6) is 0 Å². The van der Waals surface area contributed by atoms with Gasteiger partial charge in [0.15, 0.2) is 0 Å². The predicted octanol–water partition coefficient (Wildman–Crippen LogP) is 2.27. The molecule has 0 radical (unpaired) electrons. The molecule has 0 spiro atoms. The molecule has 2 rings (SSSR count).